The molecule has 76 valence electrons. The summed E-state index contributed by atoms with van der Waals surface area (Å²) in [6.45, 7) is 2.21. The van der Waals surface area contributed by atoms with Crippen LogP contribution in [0.25, 0.3) is 6.08 Å². The van der Waals surface area contributed by atoms with E-state index in [4.69, 9.17) is 5.73 Å². The van der Waals surface area contributed by atoms with Crippen molar-refractivity contribution in [1.29, 1.82) is 0 Å². The first-order valence-electron chi connectivity index (χ1n) is 5.34. The lowest BCUT2D eigenvalue weighted by atomic mass is 10.1. The lowest BCUT2D eigenvalue weighted by molar-refractivity contribution is 0.712. The van der Waals surface area contributed by atoms with Gasteiger partial charge in [0, 0.05) is 5.70 Å². The Morgan fingerprint density at radius 3 is 2.57 bits per heavy atom. The fraction of sp³-hybridized carbons (Fsp3) is 0.385. The zero-order valence-corrected chi connectivity index (χ0v) is 8.87. The van der Waals surface area contributed by atoms with Crippen molar-refractivity contribution < 1.29 is 0 Å². The first-order valence-corrected chi connectivity index (χ1v) is 5.34. The van der Waals surface area contributed by atoms with E-state index in [1.807, 2.05) is 18.2 Å². The lowest BCUT2D eigenvalue weighted by Crippen LogP contribution is -1.96. The van der Waals surface area contributed by atoms with E-state index in [1.54, 1.807) is 0 Å². The monoisotopic (exact) mass is 189 g/mol. The molecular weight excluding hydrogens is 170 g/mol. The molecule has 0 heterocycles. The van der Waals surface area contributed by atoms with Gasteiger partial charge in [-0.15, -0.1) is 0 Å². The van der Waals surface area contributed by atoms with Crippen LogP contribution in [0.5, 0.6) is 0 Å². The average molecular weight is 189 g/mol. The largest absolute Gasteiger partial charge is 0.402 e. The van der Waals surface area contributed by atoms with Crippen LogP contribution in [0.2, 0.25) is 0 Å². The maximum atomic E-state index is 5.91. The summed E-state index contributed by atoms with van der Waals surface area (Å²) in [5.74, 6) is 0. The second-order valence-corrected chi connectivity index (χ2v) is 3.59. The predicted molar refractivity (Wildman–Crippen MR) is 62.7 cm³/mol. The van der Waals surface area contributed by atoms with Gasteiger partial charge >= 0.3 is 0 Å². The van der Waals surface area contributed by atoms with E-state index >= 15 is 0 Å². The zero-order valence-electron chi connectivity index (χ0n) is 8.87. The van der Waals surface area contributed by atoms with Crippen LogP contribution in [0, 0.1) is 0 Å². The molecule has 0 unspecified atom stereocenters. The third kappa shape index (κ3) is 4.13. The molecule has 0 aromatic heterocycles. The topological polar surface area (TPSA) is 26.0 Å². The summed E-state index contributed by atoms with van der Waals surface area (Å²) in [7, 11) is 0. The summed E-state index contributed by atoms with van der Waals surface area (Å²) in [6.07, 6.45) is 6.80. The van der Waals surface area contributed by atoms with Gasteiger partial charge in [-0.1, -0.05) is 50.1 Å². The molecule has 0 aliphatic rings. The van der Waals surface area contributed by atoms with Crippen LogP contribution in [0.1, 0.15) is 38.2 Å². The Bertz CT molecular complexity index is 275. The van der Waals surface area contributed by atoms with E-state index in [0.717, 1.165) is 12.1 Å². The van der Waals surface area contributed by atoms with Crippen LogP contribution >= 0.6 is 0 Å². The summed E-state index contributed by atoms with van der Waals surface area (Å²) in [5, 5.41) is 0. The second kappa shape index (κ2) is 6.25. The SMILES string of the molecule is CCCCCC(N)=Cc1ccccc1. The summed E-state index contributed by atoms with van der Waals surface area (Å²) in [5.41, 5.74) is 8.09. The molecule has 0 aliphatic carbocycles. The van der Waals surface area contributed by atoms with Gasteiger partial charge in [0.2, 0.25) is 0 Å². The minimum atomic E-state index is 0.990. The minimum Gasteiger partial charge on any atom is -0.402 e. The van der Waals surface area contributed by atoms with Gasteiger partial charge in [0.15, 0.2) is 0 Å². The number of hydrogen-bond acceptors (Lipinski definition) is 1. The summed E-state index contributed by atoms with van der Waals surface area (Å²) in [6, 6.07) is 10.2. The van der Waals surface area contributed by atoms with Gasteiger partial charge in [0.25, 0.3) is 0 Å². The normalized spacial score (nSPS) is 11.6. The second-order valence-electron chi connectivity index (χ2n) is 3.59. The van der Waals surface area contributed by atoms with Crippen LogP contribution in [-0.2, 0) is 0 Å². The highest BCUT2D eigenvalue weighted by Crippen LogP contribution is 2.09. The van der Waals surface area contributed by atoms with E-state index in [2.05, 4.69) is 25.1 Å². The van der Waals surface area contributed by atoms with Crippen molar-refractivity contribution in [1.82, 2.24) is 0 Å². The van der Waals surface area contributed by atoms with Crippen LogP contribution < -0.4 is 5.73 Å². The van der Waals surface area contributed by atoms with E-state index in [1.165, 1.54) is 24.8 Å². The number of hydrogen-bond donors (Lipinski definition) is 1. The maximum Gasteiger partial charge on any atom is 0.00864 e. The molecule has 0 radical (unpaired) electrons. The molecule has 0 aliphatic heterocycles. The van der Waals surface area contributed by atoms with E-state index in [0.29, 0.717) is 0 Å². The third-order valence-corrected chi connectivity index (χ3v) is 2.22. The number of nitrogens with two attached hydrogens (primary N) is 1. The van der Waals surface area contributed by atoms with Crippen LogP contribution in [0.3, 0.4) is 0 Å². The molecule has 0 saturated carbocycles. The molecule has 1 rings (SSSR count). The van der Waals surface area contributed by atoms with E-state index in [-0.39, 0.29) is 0 Å². The summed E-state index contributed by atoms with van der Waals surface area (Å²) in [4.78, 5) is 0. The summed E-state index contributed by atoms with van der Waals surface area (Å²) < 4.78 is 0. The van der Waals surface area contributed by atoms with Gasteiger partial charge in [-0.3, -0.25) is 0 Å². The highest BCUT2D eigenvalue weighted by atomic mass is 14.6. The van der Waals surface area contributed by atoms with Crippen molar-refractivity contribution in [3.05, 3.63) is 41.6 Å². The van der Waals surface area contributed by atoms with Gasteiger partial charge in [0.05, 0.1) is 0 Å². The molecule has 0 amide bonds. The standard InChI is InChI=1S/C13H19N/c1-2-3-5-10-13(14)11-12-8-6-4-7-9-12/h4,6-9,11H,2-3,5,10,14H2,1H3. The third-order valence-electron chi connectivity index (χ3n) is 2.22. The van der Waals surface area contributed by atoms with Crippen molar-refractivity contribution in [3.63, 3.8) is 0 Å². The van der Waals surface area contributed by atoms with Crippen molar-refractivity contribution in [2.24, 2.45) is 5.73 Å². The molecule has 14 heavy (non-hydrogen) atoms. The maximum absolute atomic E-state index is 5.91. The smallest absolute Gasteiger partial charge is 0.00864 e. The predicted octanol–water partition coefficient (Wildman–Crippen LogP) is 3.57. The average Bonchev–Trinajstić information content (AvgIpc) is 2.20. The minimum absolute atomic E-state index is 0.990. The van der Waals surface area contributed by atoms with Crippen LogP contribution in [0.4, 0.5) is 0 Å². The molecular formula is C13H19N. The molecule has 0 bridgehead atoms. The van der Waals surface area contributed by atoms with Crippen molar-refractivity contribution in [2.45, 2.75) is 32.6 Å². The van der Waals surface area contributed by atoms with E-state index < -0.39 is 0 Å². The molecule has 0 atom stereocenters. The highest BCUT2D eigenvalue weighted by molar-refractivity contribution is 5.51. The molecule has 1 aromatic carbocycles. The molecule has 2 N–H and O–H groups in total. The van der Waals surface area contributed by atoms with Crippen molar-refractivity contribution in [3.8, 4) is 0 Å². The van der Waals surface area contributed by atoms with Gasteiger partial charge < -0.3 is 5.73 Å². The Morgan fingerprint density at radius 2 is 1.93 bits per heavy atom. The molecule has 0 spiro atoms. The summed E-state index contributed by atoms with van der Waals surface area (Å²) >= 11 is 0. The Labute approximate surface area is 86.6 Å². The van der Waals surface area contributed by atoms with Crippen LogP contribution in [0.15, 0.2) is 36.0 Å². The molecule has 0 saturated heterocycles. The number of allylic oxidation sites excluding steroid dienone is 1. The van der Waals surface area contributed by atoms with Gasteiger partial charge in [-0.2, -0.15) is 0 Å². The quantitative estimate of drug-likeness (QED) is 0.704. The number of rotatable bonds is 5. The van der Waals surface area contributed by atoms with Crippen molar-refractivity contribution >= 4 is 6.08 Å². The Hall–Kier alpha value is -1.24. The highest BCUT2D eigenvalue weighted by Gasteiger charge is 1.92. The number of unbranched alkanes of at least 4 members (excludes halogenated alkanes) is 2. The van der Waals surface area contributed by atoms with Gasteiger partial charge in [0.1, 0.15) is 0 Å². The van der Waals surface area contributed by atoms with Crippen LogP contribution in [-0.4, -0.2) is 0 Å². The molecule has 1 nitrogen and oxygen atoms in total. The van der Waals surface area contributed by atoms with Gasteiger partial charge in [-0.05, 0) is 24.5 Å². The number of benzene rings is 1. The zero-order chi connectivity index (χ0) is 10.2. The van der Waals surface area contributed by atoms with E-state index in [9.17, 15) is 0 Å². The fourth-order valence-corrected chi connectivity index (χ4v) is 1.41. The Balaban J connectivity index is 2.43. The van der Waals surface area contributed by atoms with Gasteiger partial charge in [-0.25, -0.2) is 0 Å². The Morgan fingerprint density at radius 1 is 1.21 bits per heavy atom. The first-order chi connectivity index (χ1) is 6.83. The molecule has 1 heteroatoms. The molecule has 1 aromatic rings. The Kier molecular flexibility index (Phi) is 4.84. The molecule has 0 fully saturated rings. The lowest BCUT2D eigenvalue weighted by Gasteiger charge is -2.00. The van der Waals surface area contributed by atoms with Crippen molar-refractivity contribution in [2.75, 3.05) is 0 Å². The fourth-order valence-electron chi connectivity index (χ4n) is 1.41. The first kappa shape index (κ1) is 10.8.